The van der Waals surface area contributed by atoms with Gasteiger partial charge in [0.1, 0.15) is 11.1 Å². The molecule has 28 heavy (non-hydrogen) atoms. The summed E-state index contributed by atoms with van der Waals surface area (Å²) in [6, 6.07) is 11.0. The van der Waals surface area contributed by atoms with E-state index in [1.165, 1.54) is 18.2 Å². The smallest absolute Gasteiger partial charge is 0.371 e. The molecule has 1 unspecified atom stereocenters. The van der Waals surface area contributed by atoms with Crippen molar-refractivity contribution in [2.45, 2.75) is 26.3 Å². The van der Waals surface area contributed by atoms with E-state index in [0.717, 1.165) is 4.53 Å². The summed E-state index contributed by atoms with van der Waals surface area (Å²) in [6.45, 7) is 5.34. The molecule has 0 saturated carbocycles. The van der Waals surface area contributed by atoms with Crippen molar-refractivity contribution in [2.75, 3.05) is 0 Å². The van der Waals surface area contributed by atoms with Crippen molar-refractivity contribution in [2.24, 2.45) is 0 Å². The molecular formula is C18H18Cl6N2O2. The van der Waals surface area contributed by atoms with Gasteiger partial charge in [-0.3, -0.25) is 4.79 Å². The Hall–Kier alpha value is -0.720. The van der Waals surface area contributed by atoms with Crippen LogP contribution in [0.1, 0.15) is 41.5 Å². The monoisotopic (exact) mass is 504 g/mol. The minimum absolute atomic E-state index is 0. The number of amides is 2. The molecule has 4 nitrogen and oxygen atoms in total. The van der Waals surface area contributed by atoms with Crippen LogP contribution < -0.4 is 17.4 Å². The van der Waals surface area contributed by atoms with E-state index in [2.05, 4.69) is 0 Å². The summed E-state index contributed by atoms with van der Waals surface area (Å²) in [6.07, 6.45) is 0. The lowest BCUT2D eigenvalue weighted by molar-refractivity contribution is -0.951. The summed E-state index contributed by atoms with van der Waals surface area (Å²) in [5.74, 6) is -1.06. The summed E-state index contributed by atoms with van der Waals surface area (Å²) in [5.41, 5.74) is -0.327. The average molecular weight is 507 g/mol. The number of quaternary nitrogens is 1. The Balaban J connectivity index is 0.00000364. The van der Waals surface area contributed by atoms with Gasteiger partial charge in [-0.1, -0.05) is 51.5 Å². The van der Waals surface area contributed by atoms with E-state index >= 15 is 0 Å². The first-order chi connectivity index (χ1) is 12.0. The molecule has 154 valence electrons. The molecule has 0 aliphatic carbocycles. The third-order valence-corrected chi connectivity index (χ3v) is 4.78. The molecule has 0 aliphatic rings. The SMILES string of the molecule is CC(C)(C)[NH+](C(=O)c1ccccc1Cl)N(Cl)C(=O)c1ccc(Cl)cc1Cl.Cl.[Cl-]. The van der Waals surface area contributed by atoms with Gasteiger partial charge in [-0.2, -0.15) is 0 Å². The zero-order valence-corrected chi connectivity index (χ0v) is 19.7. The van der Waals surface area contributed by atoms with Gasteiger partial charge in [0.2, 0.25) is 0 Å². The molecule has 0 bridgehead atoms. The van der Waals surface area contributed by atoms with Crippen LogP contribution in [-0.4, -0.2) is 21.9 Å². The third-order valence-electron chi connectivity index (χ3n) is 3.58. The van der Waals surface area contributed by atoms with E-state index in [9.17, 15) is 9.59 Å². The number of nitrogens with one attached hydrogen (secondary N) is 1. The van der Waals surface area contributed by atoms with Gasteiger partial charge in [0.05, 0.1) is 27.4 Å². The molecule has 0 spiro atoms. The van der Waals surface area contributed by atoms with Crippen LogP contribution in [0.4, 0.5) is 0 Å². The first-order valence-electron chi connectivity index (χ1n) is 7.66. The normalized spacial score (nSPS) is 11.7. The van der Waals surface area contributed by atoms with Crippen LogP contribution >= 0.6 is 59.0 Å². The quantitative estimate of drug-likeness (QED) is 0.501. The van der Waals surface area contributed by atoms with Crippen molar-refractivity contribution < 1.29 is 27.0 Å². The van der Waals surface area contributed by atoms with Crippen molar-refractivity contribution in [3.05, 3.63) is 68.7 Å². The molecule has 2 aromatic rings. The number of halogens is 6. The largest absolute Gasteiger partial charge is 1.00 e. The lowest BCUT2D eigenvalue weighted by atomic mass is 10.1. The second-order valence-electron chi connectivity index (χ2n) is 6.62. The summed E-state index contributed by atoms with van der Waals surface area (Å²) in [5, 5.41) is 0.899. The highest BCUT2D eigenvalue weighted by atomic mass is 35.5. The number of hydrogen-bond donors (Lipinski definition) is 1. The molecule has 0 heterocycles. The fourth-order valence-electron chi connectivity index (χ4n) is 2.37. The Bertz CT molecular complexity index is 854. The highest BCUT2D eigenvalue weighted by Gasteiger charge is 2.42. The molecular weight excluding hydrogens is 489 g/mol. The Morgan fingerprint density at radius 3 is 2.00 bits per heavy atom. The lowest BCUT2D eigenvalue weighted by Crippen LogP contribution is -3.25. The Morgan fingerprint density at radius 2 is 1.50 bits per heavy atom. The van der Waals surface area contributed by atoms with E-state index in [1.807, 2.05) is 0 Å². The minimum atomic E-state index is -0.730. The first kappa shape index (κ1) is 27.3. The van der Waals surface area contributed by atoms with Crippen LogP contribution in [0.25, 0.3) is 0 Å². The van der Waals surface area contributed by atoms with E-state index in [1.54, 1.807) is 45.0 Å². The number of carbonyl (C=O) groups excluding carboxylic acids is 2. The first-order valence-corrected chi connectivity index (χ1v) is 9.13. The van der Waals surface area contributed by atoms with Crippen molar-refractivity contribution in [3.8, 4) is 0 Å². The molecule has 1 N–H and O–H groups in total. The Labute approximate surface area is 196 Å². The molecule has 0 radical (unpaired) electrons. The predicted molar refractivity (Wildman–Crippen MR) is 112 cm³/mol. The molecule has 2 amide bonds. The minimum Gasteiger partial charge on any atom is -1.00 e. The van der Waals surface area contributed by atoms with E-state index in [-0.39, 0.29) is 51.0 Å². The van der Waals surface area contributed by atoms with Crippen LogP contribution in [0.5, 0.6) is 0 Å². The standard InChI is InChI=1S/C18H16Cl4N2O2.2ClH/c1-18(2,3)23(16(25)12-6-4-5-7-14(12)20)24(22)17(26)13-9-8-11(19)10-15(13)21;;/h4-10H,1-3H3;2*1H. The maximum absolute atomic E-state index is 13.1. The molecule has 0 saturated heterocycles. The van der Waals surface area contributed by atoms with Crippen molar-refractivity contribution in [1.82, 2.24) is 4.53 Å². The van der Waals surface area contributed by atoms with Crippen LogP contribution in [0.15, 0.2) is 42.5 Å². The van der Waals surface area contributed by atoms with Crippen LogP contribution in [0.3, 0.4) is 0 Å². The summed E-state index contributed by atoms with van der Waals surface area (Å²) in [4.78, 5) is 25.9. The summed E-state index contributed by atoms with van der Waals surface area (Å²) in [7, 11) is 0. The van der Waals surface area contributed by atoms with E-state index < -0.39 is 17.4 Å². The van der Waals surface area contributed by atoms with Crippen molar-refractivity contribution >= 4 is 70.8 Å². The van der Waals surface area contributed by atoms with Gasteiger partial charge >= 0.3 is 11.8 Å². The number of benzene rings is 2. The molecule has 2 rings (SSSR count). The van der Waals surface area contributed by atoms with Gasteiger partial charge in [-0.15, -0.1) is 17.4 Å². The van der Waals surface area contributed by atoms with Gasteiger partial charge < -0.3 is 12.4 Å². The number of carbonyl (C=O) groups is 2. The molecule has 0 fully saturated rings. The van der Waals surface area contributed by atoms with Gasteiger partial charge in [0.15, 0.2) is 0 Å². The maximum Gasteiger partial charge on any atom is 0.371 e. The van der Waals surface area contributed by atoms with Crippen LogP contribution in [-0.2, 0) is 0 Å². The molecule has 0 aromatic heterocycles. The van der Waals surface area contributed by atoms with Gasteiger partial charge in [0.25, 0.3) is 0 Å². The van der Waals surface area contributed by atoms with Crippen LogP contribution in [0, 0.1) is 0 Å². The zero-order valence-electron chi connectivity index (χ0n) is 15.1. The Kier molecular flexibility index (Phi) is 10.6. The van der Waals surface area contributed by atoms with Gasteiger partial charge in [-0.25, -0.2) is 4.79 Å². The third kappa shape index (κ3) is 6.14. The molecule has 2 aromatic carbocycles. The lowest BCUT2D eigenvalue weighted by Gasteiger charge is -2.33. The fraction of sp³-hybridized carbons (Fsp3) is 0.222. The van der Waals surface area contributed by atoms with Gasteiger partial charge in [-0.05, 0) is 51.1 Å². The molecule has 0 aliphatic heterocycles. The molecule has 10 heteroatoms. The maximum atomic E-state index is 13.1. The van der Waals surface area contributed by atoms with E-state index in [4.69, 9.17) is 46.6 Å². The number of nitrogens with zero attached hydrogens (tertiary/aromatic N) is 1. The highest BCUT2D eigenvalue weighted by molar-refractivity contribution is 6.37. The fourth-order valence-corrected chi connectivity index (χ4v) is 3.50. The van der Waals surface area contributed by atoms with Crippen molar-refractivity contribution in [1.29, 1.82) is 0 Å². The summed E-state index contributed by atoms with van der Waals surface area (Å²) < 4.78 is 0.806. The molecule has 1 atom stereocenters. The van der Waals surface area contributed by atoms with E-state index in [0.29, 0.717) is 5.02 Å². The number of rotatable bonds is 2. The highest BCUT2D eigenvalue weighted by Crippen LogP contribution is 2.22. The van der Waals surface area contributed by atoms with Crippen LogP contribution in [0.2, 0.25) is 15.1 Å². The second-order valence-corrected chi connectivity index (χ2v) is 8.21. The predicted octanol–water partition coefficient (Wildman–Crippen LogP) is 2.11. The van der Waals surface area contributed by atoms with Gasteiger partial charge in [0, 0.05) is 5.02 Å². The topological polar surface area (TPSA) is 41.8 Å². The van der Waals surface area contributed by atoms with Crippen molar-refractivity contribution in [3.63, 3.8) is 0 Å². The second kappa shape index (κ2) is 10.9. The summed E-state index contributed by atoms with van der Waals surface area (Å²) >= 11 is 24.4. The zero-order chi connectivity index (χ0) is 19.6. The number of hydrogen-bond acceptors (Lipinski definition) is 2. The average Bonchev–Trinajstić information content (AvgIpc) is 2.53. The Morgan fingerprint density at radius 1 is 0.929 bits per heavy atom.